The van der Waals surface area contributed by atoms with Crippen molar-refractivity contribution in [2.45, 2.75) is 0 Å². The van der Waals surface area contributed by atoms with E-state index in [0.29, 0.717) is 37.7 Å². The Labute approximate surface area is 204 Å². The predicted molar refractivity (Wildman–Crippen MR) is 136 cm³/mol. The molecule has 0 radical (unpaired) electrons. The Hall–Kier alpha value is -3.69. The minimum absolute atomic E-state index is 0.0114. The fourth-order valence-electron chi connectivity index (χ4n) is 4.10. The van der Waals surface area contributed by atoms with Crippen LogP contribution in [0, 0.1) is 0 Å². The number of nitrogens with zero attached hydrogens (tertiary/aromatic N) is 6. The van der Waals surface area contributed by atoms with Gasteiger partial charge < -0.3 is 9.80 Å². The summed E-state index contributed by atoms with van der Waals surface area (Å²) < 4.78 is 0. The summed E-state index contributed by atoms with van der Waals surface area (Å²) in [5, 5.41) is 4.09. The van der Waals surface area contributed by atoms with Crippen molar-refractivity contribution in [2.24, 2.45) is 0 Å². The average molecular weight is 485 g/mol. The molecule has 1 amide bonds. The number of aromatic nitrogens is 4. The average Bonchev–Trinajstić information content (AvgIpc) is 3.63. The van der Waals surface area contributed by atoms with Gasteiger partial charge in [0, 0.05) is 44.1 Å². The topological polar surface area (TPSA) is 75.1 Å². The van der Waals surface area contributed by atoms with Crippen LogP contribution in [0.4, 0.5) is 5.95 Å². The lowest BCUT2D eigenvalue weighted by Crippen LogP contribution is -2.49. The molecule has 0 unspecified atom stereocenters. The van der Waals surface area contributed by atoms with Crippen LogP contribution in [0.1, 0.15) is 10.4 Å². The Bertz CT molecular complexity index is 1430. The summed E-state index contributed by atoms with van der Waals surface area (Å²) in [7, 11) is 0. The molecule has 0 spiro atoms. The lowest BCUT2D eigenvalue weighted by molar-refractivity contribution is 0.0746. The largest absolute Gasteiger partial charge is 0.337 e. The summed E-state index contributed by atoms with van der Waals surface area (Å²) in [6.07, 6.45) is 3.48. The molecule has 0 aliphatic carbocycles. The number of anilines is 1. The number of hydrogen-bond acceptors (Lipinski definition) is 8. The molecule has 0 saturated carbocycles. The third kappa shape index (κ3) is 3.93. The summed E-state index contributed by atoms with van der Waals surface area (Å²) in [5.74, 6) is 0.718. The molecular formula is C25H20N6OS2. The van der Waals surface area contributed by atoms with E-state index in [4.69, 9.17) is 9.97 Å². The third-order valence-corrected chi connectivity index (χ3v) is 7.58. The highest BCUT2D eigenvalue weighted by molar-refractivity contribution is 7.14. The maximum Gasteiger partial charge on any atom is 0.254 e. The number of benzene rings is 1. The van der Waals surface area contributed by atoms with Gasteiger partial charge >= 0.3 is 0 Å². The van der Waals surface area contributed by atoms with Crippen LogP contribution in [0.5, 0.6) is 0 Å². The van der Waals surface area contributed by atoms with Gasteiger partial charge in [-0.1, -0.05) is 12.1 Å². The van der Waals surface area contributed by atoms with E-state index in [0.717, 1.165) is 32.2 Å². The number of carbonyl (C=O) groups is 1. The number of fused-ring (bicyclic) bond motifs is 1. The first kappa shape index (κ1) is 20.9. The summed E-state index contributed by atoms with van der Waals surface area (Å²) in [5.41, 5.74) is 3.87. The summed E-state index contributed by atoms with van der Waals surface area (Å²) in [6, 6.07) is 15.6. The Morgan fingerprint density at radius 2 is 1.41 bits per heavy atom. The maximum absolute atomic E-state index is 13.3. The molecule has 9 heteroatoms. The quantitative estimate of drug-likeness (QED) is 0.363. The molecule has 168 valence electrons. The fourth-order valence-corrected chi connectivity index (χ4v) is 5.53. The predicted octanol–water partition coefficient (Wildman–Crippen LogP) is 4.84. The Balaban J connectivity index is 1.29. The van der Waals surface area contributed by atoms with Gasteiger partial charge in [0.1, 0.15) is 11.4 Å². The molecule has 0 N–H and O–H groups in total. The van der Waals surface area contributed by atoms with Gasteiger partial charge in [-0.25, -0.2) is 19.9 Å². The van der Waals surface area contributed by atoms with Gasteiger partial charge in [0.25, 0.3) is 5.91 Å². The van der Waals surface area contributed by atoms with Crippen LogP contribution in [-0.4, -0.2) is 56.9 Å². The Morgan fingerprint density at radius 3 is 2.03 bits per heavy atom. The third-order valence-electron chi connectivity index (χ3n) is 5.82. The van der Waals surface area contributed by atoms with Crippen LogP contribution >= 0.6 is 22.7 Å². The van der Waals surface area contributed by atoms with E-state index in [1.165, 1.54) is 0 Å². The lowest BCUT2D eigenvalue weighted by atomic mass is 10.1. The number of rotatable bonds is 4. The lowest BCUT2D eigenvalue weighted by Gasteiger charge is -2.34. The zero-order valence-electron chi connectivity index (χ0n) is 18.2. The van der Waals surface area contributed by atoms with Crippen molar-refractivity contribution in [2.75, 3.05) is 31.1 Å². The normalized spacial score (nSPS) is 14.0. The van der Waals surface area contributed by atoms with Gasteiger partial charge in [-0.05, 0) is 47.2 Å². The van der Waals surface area contributed by atoms with Crippen molar-refractivity contribution < 1.29 is 4.79 Å². The molecule has 6 rings (SSSR count). The van der Waals surface area contributed by atoms with E-state index < -0.39 is 0 Å². The zero-order valence-corrected chi connectivity index (χ0v) is 19.8. The van der Waals surface area contributed by atoms with E-state index in [2.05, 4.69) is 27.0 Å². The standard InChI is InChI=1S/C25H20N6OS2/c32-24(30-10-12-31(13-11-30)25-26-8-3-9-27-25)17-6-7-18-19(16-17)29-23(21-5-2-15-34-21)22(28-18)20-4-1-14-33-20/h1-9,14-16H,10-13H2. The molecule has 34 heavy (non-hydrogen) atoms. The molecule has 4 aromatic heterocycles. The number of amides is 1. The van der Waals surface area contributed by atoms with Crippen molar-refractivity contribution in [3.63, 3.8) is 0 Å². The highest BCUT2D eigenvalue weighted by Crippen LogP contribution is 2.35. The maximum atomic E-state index is 13.3. The van der Waals surface area contributed by atoms with Gasteiger partial charge in [0.05, 0.1) is 20.8 Å². The Morgan fingerprint density at radius 1 is 0.765 bits per heavy atom. The molecule has 1 saturated heterocycles. The number of piperazine rings is 1. The second-order valence-corrected chi connectivity index (χ2v) is 9.80. The first-order chi connectivity index (χ1) is 16.8. The van der Waals surface area contributed by atoms with E-state index in [9.17, 15) is 4.79 Å². The monoisotopic (exact) mass is 484 g/mol. The van der Waals surface area contributed by atoms with Crippen molar-refractivity contribution in [3.05, 3.63) is 77.2 Å². The first-order valence-corrected chi connectivity index (χ1v) is 12.7. The first-order valence-electron chi connectivity index (χ1n) is 11.0. The van der Waals surface area contributed by atoms with Gasteiger partial charge in [-0.2, -0.15) is 0 Å². The molecular weight excluding hydrogens is 464 g/mol. The highest BCUT2D eigenvalue weighted by Gasteiger charge is 2.24. The molecule has 0 bridgehead atoms. The molecule has 1 aliphatic heterocycles. The van der Waals surface area contributed by atoms with Crippen LogP contribution in [0.3, 0.4) is 0 Å². The number of thiophene rings is 2. The number of hydrogen-bond donors (Lipinski definition) is 0. The minimum Gasteiger partial charge on any atom is -0.337 e. The van der Waals surface area contributed by atoms with Gasteiger partial charge in [0.15, 0.2) is 0 Å². The van der Waals surface area contributed by atoms with Crippen LogP contribution in [0.2, 0.25) is 0 Å². The molecule has 1 fully saturated rings. The van der Waals surface area contributed by atoms with Gasteiger partial charge in [-0.15, -0.1) is 22.7 Å². The fraction of sp³-hybridized carbons (Fsp3) is 0.160. The second-order valence-electron chi connectivity index (χ2n) is 7.91. The van der Waals surface area contributed by atoms with Crippen molar-refractivity contribution in [1.29, 1.82) is 0 Å². The molecule has 0 atom stereocenters. The molecule has 5 aromatic rings. The van der Waals surface area contributed by atoms with Gasteiger partial charge in [-0.3, -0.25) is 4.79 Å². The molecule has 5 heterocycles. The van der Waals surface area contributed by atoms with Crippen LogP contribution in [-0.2, 0) is 0 Å². The Kier molecular flexibility index (Phi) is 5.48. The minimum atomic E-state index is 0.0114. The van der Waals surface area contributed by atoms with Crippen molar-refractivity contribution in [3.8, 4) is 21.1 Å². The van der Waals surface area contributed by atoms with Crippen LogP contribution in [0.25, 0.3) is 32.2 Å². The smallest absolute Gasteiger partial charge is 0.254 e. The summed E-state index contributed by atoms with van der Waals surface area (Å²) >= 11 is 3.29. The molecule has 7 nitrogen and oxygen atoms in total. The van der Waals surface area contributed by atoms with Crippen molar-refractivity contribution in [1.82, 2.24) is 24.8 Å². The zero-order chi connectivity index (χ0) is 22.9. The van der Waals surface area contributed by atoms with E-state index in [1.54, 1.807) is 41.1 Å². The van der Waals surface area contributed by atoms with Crippen molar-refractivity contribution >= 4 is 45.6 Å². The number of carbonyl (C=O) groups excluding carboxylic acids is 1. The SMILES string of the molecule is O=C(c1ccc2nc(-c3cccs3)c(-c3cccs3)nc2c1)N1CCN(c2ncccn2)CC1. The van der Waals surface area contributed by atoms with E-state index in [-0.39, 0.29) is 5.91 Å². The highest BCUT2D eigenvalue weighted by atomic mass is 32.1. The van der Waals surface area contributed by atoms with Gasteiger partial charge in [0.2, 0.25) is 5.95 Å². The van der Waals surface area contributed by atoms with Crippen LogP contribution in [0.15, 0.2) is 71.7 Å². The summed E-state index contributed by atoms with van der Waals surface area (Å²) in [4.78, 5) is 38.0. The van der Waals surface area contributed by atoms with E-state index >= 15 is 0 Å². The van der Waals surface area contributed by atoms with E-state index in [1.807, 2.05) is 46.0 Å². The second kappa shape index (κ2) is 8.92. The molecule has 1 aliphatic rings. The van der Waals surface area contributed by atoms with Crippen LogP contribution < -0.4 is 4.90 Å². The molecule has 1 aromatic carbocycles. The summed E-state index contributed by atoms with van der Waals surface area (Å²) in [6.45, 7) is 2.66.